The summed E-state index contributed by atoms with van der Waals surface area (Å²) in [6, 6.07) is 3.12. The summed E-state index contributed by atoms with van der Waals surface area (Å²) in [5, 5.41) is 16.7. The van der Waals surface area contributed by atoms with Crippen LogP contribution in [0.2, 0.25) is 0 Å². The number of amides is 3. The molecule has 36 heavy (non-hydrogen) atoms. The van der Waals surface area contributed by atoms with Crippen LogP contribution in [0.1, 0.15) is 98.2 Å². The molecule has 0 aliphatic heterocycles. The maximum absolute atomic E-state index is 14.2. The molecule has 0 heterocycles. The molecule has 2 unspecified atom stereocenters. The second kappa shape index (κ2) is 11.5. The molecule has 2 atom stereocenters. The predicted molar refractivity (Wildman–Crippen MR) is 141 cm³/mol. The third-order valence-corrected chi connectivity index (χ3v) is 6.01. The van der Waals surface area contributed by atoms with Gasteiger partial charge in [0, 0.05) is 17.1 Å². The van der Waals surface area contributed by atoms with Crippen LogP contribution >= 0.6 is 0 Å². The van der Waals surface area contributed by atoms with Crippen molar-refractivity contribution in [1.29, 1.82) is 0 Å². The molecule has 0 radical (unpaired) electrons. The Hall–Kier alpha value is -2.77. The van der Waals surface area contributed by atoms with E-state index in [2.05, 4.69) is 10.6 Å². The first kappa shape index (κ1) is 29.5. The van der Waals surface area contributed by atoms with Crippen molar-refractivity contribution in [3.8, 4) is 5.75 Å². The fraction of sp³-hybridized carbons (Fsp3) is 0.679. The van der Waals surface area contributed by atoms with Gasteiger partial charge in [-0.2, -0.15) is 0 Å². The zero-order valence-corrected chi connectivity index (χ0v) is 23.4. The number of carbonyl (C=O) groups excluding carboxylic acids is 3. The first-order valence-corrected chi connectivity index (χ1v) is 12.9. The average molecular weight is 504 g/mol. The molecule has 8 heteroatoms. The van der Waals surface area contributed by atoms with Crippen molar-refractivity contribution in [2.45, 2.75) is 117 Å². The summed E-state index contributed by atoms with van der Waals surface area (Å²) < 4.78 is 5.43. The number of hydrogen-bond acceptors (Lipinski definition) is 5. The molecule has 1 saturated carbocycles. The van der Waals surface area contributed by atoms with Gasteiger partial charge in [-0.1, -0.05) is 32.0 Å². The molecule has 0 bridgehead atoms. The van der Waals surface area contributed by atoms with Gasteiger partial charge < -0.3 is 25.4 Å². The Balaban J connectivity index is 2.57. The number of nitrogens with zero attached hydrogens (tertiary/aromatic N) is 1. The van der Waals surface area contributed by atoms with Crippen LogP contribution in [-0.2, 0) is 14.3 Å². The summed E-state index contributed by atoms with van der Waals surface area (Å²) in [4.78, 5) is 42.2. The van der Waals surface area contributed by atoms with Crippen molar-refractivity contribution < 1.29 is 24.2 Å². The van der Waals surface area contributed by atoms with Gasteiger partial charge in [0.05, 0.1) is 0 Å². The summed E-state index contributed by atoms with van der Waals surface area (Å²) in [5.74, 6) is -0.631. The smallest absolute Gasteiger partial charge is 0.408 e. The Labute approximate surface area is 216 Å². The molecule has 3 amide bonds. The number of benzene rings is 1. The maximum Gasteiger partial charge on any atom is 0.408 e. The van der Waals surface area contributed by atoms with Gasteiger partial charge in [-0.05, 0) is 85.6 Å². The van der Waals surface area contributed by atoms with Gasteiger partial charge in [0.15, 0.2) is 0 Å². The SMILES string of the molecule is Cc1cccc(C(C(=O)NC(C)(C)C)N(C(=O)C(CC(C)C)NC(=O)OC(C)(C)C)C2CCC2)c1O. The number of hydrogen-bond donors (Lipinski definition) is 3. The van der Waals surface area contributed by atoms with Crippen molar-refractivity contribution in [2.75, 3.05) is 0 Å². The maximum atomic E-state index is 14.2. The number of ether oxygens (including phenoxy) is 1. The van der Waals surface area contributed by atoms with Crippen LogP contribution in [0.5, 0.6) is 5.75 Å². The molecule has 3 N–H and O–H groups in total. The van der Waals surface area contributed by atoms with Crippen molar-refractivity contribution >= 4 is 17.9 Å². The zero-order valence-electron chi connectivity index (χ0n) is 23.4. The monoisotopic (exact) mass is 503 g/mol. The van der Waals surface area contributed by atoms with E-state index in [4.69, 9.17) is 4.74 Å². The molecule has 202 valence electrons. The van der Waals surface area contributed by atoms with Gasteiger partial charge in [0.2, 0.25) is 11.8 Å². The first-order valence-electron chi connectivity index (χ1n) is 12.9. The Bertz CT molecular complexity index is 941. The van der Waals surface area contributed by atoms with Gasteiger partial charge >= 0.3 is 6.09 Å². The standard InChI is InChI=1S/C28H45N3O5/c1-17(2)16-21(29-26(35)36-28(7,8)9)25(34)31(19-13-11-14-19)22(24(33)30-27(4,5)6)20-15-10-12-18(3)23(20)32/h10,12,15,17,19,21-22,32H,11,13-14,16H2,1-9H3,(H,29,35)(H,30,33). The van der Waals surface area contributed by atoms with Crippen LogP contribution in [-0.4, -0.2) is 51.1 Å². The van der Waals surface area contributed by atoms with Crippen LogP contribution in [0.4, 0.5) is 4.79 Å². The minimum absolute atomic E-state index is 0.0100. The molecule has 1 aromatic rings. The van der Waals surface area contributed by atoms with Crippen molar-refractivity contribution in [2.24, 2.45) is 5.92 Å². The van der Waals surface area contributed by atoms with Gasteiger partial charge in [0.1, 0.15) is 23.4 Å². The number of rotatable bonds is 8. The molecular weight excluding hydrogens is 458 g/mol. The number of phenols is 1. The highest BCUT2D eigenvalue weighted by Gasteiger charge is 2.43. The van der Waals surface area contributed by atoms with E-state index in [1.807, 2.05) is 34.6 Å². The topological polar surface area (TPSA) is 108 Å². The summed E-state index contributed by atoms with van der Waals surface area (Å²) in [6.07, 6.45) is 2.14. The molecule has 8 nitrogen and oxygen atoms in total. The lowest BCUT2D eigenvalue weighted by Gasteiger charge is -2.44. The molecule has 1 fully saturated rings. The molecular formula is C28H45N3O5. The third-order valence-electron chi connectivity index (χ3n) is 6.01. The van der Waals surface area contributed by atoms with Crippen LogP contribution in [0.15, 0.2) is 18.2 Å². The Morgan fingerprint density at radius 1 is 1.11 bits per heavy atom. The second-order valence-electron chi connectivity index (χ2n) is 12.3. The molecule has 1 aliphatic rings. The summed E-state index contributed by atoms with van der Waals surface area (Å²) >= 11 is 0. The highest BCUT2D eigenvalue weighted by molar-refractivity contribution is 5.93. The van der Waals surface area contributed by atoms with Crippen LogP contribution in [0, 0.1) is 12.8 Å². The number of carbonyl (C=O) groups is 3. The van der Waals surface area contributed by atoms with E-state index in [1.165, 1.54) is 0 Å². The lowest BCUT2D eigenvalue weighted by atomic mass is 9.87. The van der Waals surface area contributed by atoms with Crippen LogP contribution in [0.3, 0.4) is 0 Å². The highest BCUT2D eigenvalue weighted by Crippen LogP contribution is 2.38. The Morgan fingerprint density at radius 2 is 1.72 bits per heavy atom. The minimum atomic E-state index is -1.04. The molecule has 0 spiro atoms. The van der Waals surface area contributed by atoms with E-state index >= 15 is 0 Å². The van der Waals surface area contributed by atoms with E-state index in [1.54, 1.807) is 50.8 Å². The lowest BCUT2D eigenvalue weighted by Crippen LogP contribution is -2.58. The number of para-hydroxylation sites is 1. The number of aromatic hydroxyl groups is 1. The predicted octanol–water partition coefficient (Wildman–Crippen LogP) is 4.98. The number of nitrogens with one attached hydrogen (secondary N) is 2. The largest absolute Gasteiger partial charge is 0.507 e. The molecule has 1 aromatic carbocycles. The summed E-state index contributed by atoms with van der Waals surface area (Å²) in [5.41, 5.74) is -0.272. The van der Waals surface area contributed by atoms with E-state index in [0.717, 1.165) is 19.3 Å². The minimum Gasteiger partial charge on any atom is -0.507 e. The Morgan fingerprint density at radius 3 is 2.19 bits per heavy atom. The van der Waals surface area contributed by atoms with Crippen LogP contribution in [0.25, 0.3) is 0 Å². The van der Waals surface area contributed by atoms with Gasteiger partial charge in [-0.25, -0.2) is 4.79 Å². The fourth-order valence-electron chi connectivity index (χ4n) is 4.26. The fourth-order valence-corrected chi connectivity index (χ4v) is 4.26. The van der Waals surface area contributed by atoms with E-state index in [-0.39, 0.29) is 29.5 Å². The van der Waals surface area contributed by atoms with Gasteiger partial charge in [0.25, 0.3) is 0 Å². The zero-order chi connectivity index (χ0) is 27.4. The Kier molecular flexibility index (Phi) is 9.43. The summed E-state index contributed by atoms with van der Waals surface area (Å²) in [7, 11) is 0. The van der Waals surface area contributed by atoms with E-state index in [9.17, 15) is 19.5 Å². The van der Waals surface area contributed by atoms with Crippen molar-refractivity contribution in [3.63, 3.8) is 0 Å². The highest BCUT2D eigenvalue weighted by atomic mass is 16.6. The van der Waals surface area contributed by atoms with Crippen LogP contribution < -0.4 is 10.6 Å². The number of aryl methyl sites for hydroxylation is 1. The van der Waals surface area contributed by atoms with Crippen molar-refractivity contribution in [1.82, 2.24) is 15.5 Å². The molecule has 2 rings (SSSR count). The molecule has 0 saturated heterocycles. The first-order chi connectivity index (χ1) is 16.5. The normalized spacial score (nSPS) is 16.1. The number of alkyl carbamates (subject to hydrolysis) is 1. The summed E-state index contributed by atoms with van der Waals surface area (Å²) in [6.45, 7) is 16.6. The van der Waals surface area contributed by atoms with E-state index in [0.29, 0.717) is 17.5 Å². The third kappa shape index (κ3) is 8.14. The average Bonchev–Trinajstić information content (AvgIpc) is 2.65. The second-order valence-corrected chi connectivity index (χ2v) is 12.3. The molecule has 0 aromatic heterocycles. The van der Waals surface area contributed by atoms with Gasteiger partial charge in [-0.15, -0.1) is 0 Å². The lowest BCUT2D eigenvalue weighted by molar-refractivity contribution is -0.148. The van der Waals surface area contributed by atoms with E-state index < -0.39 is 29.3 Å². The quantitative estimate of drug-likeness (QED) is 0.464. The van der Waals surface area contributed by atoms with Crippen molar-refractivity contribution in [3.05, 3.63) is 29.3 Å². The van der Waals surface area contributed by atoms with Gasteiger partial charge in [-0.3, -0.25) is 9.59 Å². The number of phenolic OH excluding ortho intramolecular Hbond substituents is 1. The molecule has 1 aliphatic carbocycles.